The molecule has 0 N–H and O–H groups in total. The first-order valence-electron chi connectivity index (χ1n) is 10.6. The third-order valence-electron chi connectivity index (χ3n) is 6.01. The first-order valence-corrected chi connectivity index (χ1v) is 11.9. The van der Waals surface area contributed by atoms with E-state index in [2.05, 4.69) is 13.8 Å². The molecule has 30 heavy (non-hydrogen) atoms. The molecule has 1 fully saturated rings. The topological polar surface area (TPSA) is 44.8 Å². The first kappa shape index (κ1) is 22.5. The van der Waals surface area contributed by atoms with Gasteiger partial charge in [0.15, 0.2) is 9.79 Å². The van der Waals surface area contributed by atoms with Crippen LogP contribution in [0.2, 0.25) is 0 Å². The van der Waals surface area contributed by atoms with Crippen molar-refractivity contribution in [3.05, 3.63) is 48.5 Å². The Morgan fingerprint density at radius 3 is 1.73 bits per heavy atom. The summed E-state index contributed by atoms with van der Waals surface area (Å²) in [6, 6.07) is 15.9. The average molecular weight is 430 g/mol. The lowest BCUT2D eigenvalue weighted by molar-refractivity contribution is -0.160. The number of carbonyl (C=O) groups is 1. The van der Waals surface area contributed by atoms with Gasteiger partial charge in [0.1, 0.15) is 17.1 Å². The highest BCUT2D eigenvalue weighted by Crippen LogP contribution is 2.37. The molecule has 0 aliphatic heterocycles. The second kappa shape index (κ2) is 9.78. The first-order chi connectivity index (χ1) is 14.4. The van der Waals surface area contributed by atoms with Gasteiger partial charge in [-0.05, 0) is 88.1 Å². The molecule has 3 rings (SSSR count). The van der Waals surface area contributed by atoms with Crippen molar-refractivity contribution in [1.82, 2.24) is 0 Å². The van der Waals surface area contributed by atoms with Crippen LogP contribution in [0.5, 0.6) is 11.5 Å². The lowest BCUT2D eigenvalue weighted by Crippen LogP contribution is -2.40. The normalized spacial score (nSPS) is 15.8. The van der Waals surface area contributed by atoms with Crippen LogP contribution in [0.15, 0.2) is 58.3 Å². The molecule has 0 radical (unpaired) electrons. The number of esters is 1. The van der Waals surface area contributed by atoms with Crippen LogP contribution in [-0.2, 0) is 20.4 Å². The zero-order valence-corrected chi connectivity index (χ0v) is 19.5. The maximum atomic E-state index is 13.3. The van der Waals surface area contributed by atoms with Crippen LogP contribution in [0.4, 0.5) is 0 Å². The molecule has 1 aliphatic carbocycles. The summed E-state index contributed by atoms with van der Waals surface area (Å²) in [6.07, 6.45) is 4.72. The number of methoxy groups -OCH3 is 2. The van der Waals surface area contributed by atoms with Crippen molar-refractivity contribution in [2.45, 2.75) is 67.1 Å². The second-order valence-electron chi connectivity index (χ2n) is 8.34. The van der Waals surface area contributed by atoms with E-state index in [9.17, 15) is 4.79 Å². The number of rotatable bonds is 8. The van der Waals surface area contributed by atoms with Crippen molar-refractivity contribution in [2.24, 2.45) is 5.92 Å². The molecule has 1 aliphatic rings. The van der Waals surface area contributed by atoms with Gasteiger partial charge in [-0.2, -0.15) is 0 Å². The third-order valence-corrected chi connectivity index (χ3v) is 8.47. The molecule has 0 amide bonds. The Hall–Kier alpha value is -2.14. The minimum atomic E-state index is -0.468. The van der Waals surface area contributed by atoms with Crippen LogP contribution in [-0.4, -0.2) is 31.0 Å². The molecule has 0 bridgehead atoms. The molecule has 1 saturated carbocycles. The minimum Gasteiger partial charge on any atom is -0.497 e. The van der Waals surface area contributed by atoms with E-state index in [0.717, 1.165) is 34.1 Å². The molecule has 5 heteroatoms. The molecular weight excluding hydrogens is 396 g/mol. The maximum Gasteiger partial charge on any atom is 0.360 e. The summed E-state index contributed by atoms with van der Waals surface area (Å²) in [5.41, 5.74) is -0.434. The summed E-state index contributed by atoms with van der Waals surface area (Å²) in [7, 11) is 2.84. The molecule has 2 aromatic rings. The fourth-order valence-electron chi connectivity index (χ4n) is 4.13. The summed E-state index contributed by atoms with van der Waals surface area (Å²) < 4.78 is 16.7. The minimum absolute atomic E-state index is 0.137. The van der Waals surface area contributed by atoms with Crippen LogP contribution < -0.4 is 9.47 Å². The Balaban J connectivity index is 1.88. The summed E-state index contributed by atoms with van der Waals surface area (Å²) in [5, 5.41) is -0.299. The monoisotopic (exact) mass is 429 g/mol. The van der Waals surface area contributed by atoms with Crippen molar-refractivity contribution < 1.29 is 19.0 Å². The van der Waals surface area contributed by atoms with Crippen molar-refractivity contribution >= 4 is 16.9 Å². The molecule has 1 atom stereocenters. The van der Waals surface area contributed by atoms with E-state index < -0.39 is 16.5 Å². The van der Waals surface area contributed by atoms with Gasteiger partial charge in [0, 0.05) is 0 Å². The Morgan fingerprint density at radius 2 is 1.33 bits per heavy atom. The predicted octanol–water partition coefficient (Wildman–Crippen LogP) is 5.64. The zero-order chi connectivity index (χ0) is 21.7. The molecule has 0 heterocycles. The van der Waals surface area contributed by atoms with Gasteiger partial charge in [0.25, 0.3) is 0 Å². The smallest absolute Gasteiger partial charge is 0.360 e. The Bertz CT molecular complexity index is 776. The van der Waals surface area contributed by atoms with Crippen LogP contribution in [0.1, 0.15) is 46.5 Å². The number of carbonyl (C=O) groups excluding carboxylic acids is 1. The van der Waals surface area contributed by atoms with Crippen LogP contribution in [0.25, 0.3) is 0 Å². The van der Waals surface area contributed by atoms with Gasteiger partial charge in [0.05, 0.1) is 25.1 Å². The van der Waals surface area contributed by atoms with Gasteiger partial charge in [-0.15, -0.1) is 0 Å². The lowest BCUT2D eigenvalue weighted by Gasteiger charge is -2.32. The Morgan fingerprint density at radius 1 is 0.900 bits per heavy atom. The number of ether oxygens (including phenoxy) is 3. The Labute approximate surface area is 183 Å². The molecule has 0 aromatic heterocycles. The van der Waals surface area contributed by atoms with Crippen LogP contribution >= 0.6 is 0 Å². The zero-order valence-electron chi connectivity index (χ0n) is 18.6. The van der Waals surface area contributed by atoms with Gasteiger partial charge in [-0.25, -0.2) is 4.79 Å². The van der Waals surface area contributed by atoms with Gasteiger partial charge < -0.3 is 14.2 Å². The van der Waals surface area contributed by atoms with Crippen molar-refractivity contribution in [3.63, 3.8) is 0 Å². The van der Waals surface area contributed by atoms with E-state index >= 15 is 0 Å². The van der Waals surface area contributed by atoms with Gasteiger partial charge in [0.2, 0.25) is 5.25 Å². The molecule has 0 saturated heterocycles. The van der Waals surface area contributed by atoms with Crippen LogP contribution in [0.3, 0.4) is 0 Å². The fourth-order valence-corrected chi connectivity index (χ4v) is 6.32. The van der Waals surface area contributed by atoms with E-state index in [1.54, 1.807) is 14.2 Å². The quantitative estimate of drug-likeness (QED) is 0.402. The van der Waals surface area contributed by atoms with E-state index in [1.165, 1.54) is 12.8 Å². The van der Waals surface area contributed by atoms with Gasteiger partial charge >= 0.3 is 5.97 Å². The SMILES string of the molecule is COc1ccc([S+](c2ccc(OC)cc2)C(C)C(=O)OC(C)(C)C2CCCC2)cc1. The highest BCUT2D eigenvalue weighted by Gasteiger charge is 2.43. The maximum absolute atomic E-state index is 13.3. The van der Waals surface area contributed by atoms with Gasteiger partial charge in [-0.3, -0.25) is 0 Å². The van der Waals surface area contributed by atoms with Crippen molar-refractivity contribution in [2.75, 3.05) is 14.2 Å². The van der Waals surface area contributed by atoms with Crippen LogP contribution in [0, 0.1) is 5.92 Å². The second-order valence-corrected chi connectivity index (χ2v) is 10.7. The van der Waals surface area contributed by atoms with E-state index in [1.807, 2.05) is 55.5 Å². The molecule has 0 spiro atoms. The van der Waals surface area contributed by atoms with E-state index in [4.69, 9.17) is 14.2 Å². The molecule has 162 valence electrons. The standard InChI is InChI=1S/C25H33O4S/c1-18(24(26)29-25(2,3)19-8-6-7-9-19)30(22-14-10-20(27-4)11-15-22)23-16-12-21(28-5)13-17-23/h10-19H,6-9H2,1-5H3/q+1. The molecule has 2 aromatic carbocycles. The summed E-state index contributed by atoms with van der Waals surface area (Å²) in [6.45, 7) is 6.10. The number of hydrogen-bond donors (Lipinski definition) is 0. The fraction of sp³-hybridized carbons (Fsp3) is 0.480. The Kier molecular flexibility index (Phi) is 7.35. The highest BCUT2D eigenvalue weighted by atomic mass is 32.2. The number of benzene rings is 2. The molecule has 4 nitrogen and oxygen atoms in total. The predicted molar refractivity (Wildman–Crippen MR) is 121 cm³/mol. The highest BCUT2D eigenvalue weighted by molar-refractivity contribution is 7.98. The average Bonchev–Trinajstić information content (AvgIpc) is 3.30. The molecular formula is C25H33O4S+. The van der Waals surface area contributed by atoms with Gasteiger partial charge in [-0.1, -0.05) is 12.8 Å². The lowest BCUT2D eigenvalue weighted by atomic mass is 9.89. The largest absolute Gasteiger partial charge is 0.497 e. The summed E-state index contributed by atoms with van der Waals surface area (Å²) in [4.78, 5) is 15.5. The van der Waals surface area contributed by atoms with Crippen molar-refractivity contribution in [3.8, 4) is 11.5 Å². The number of hydrogen-bond acceptors (Lipinski definition) is 4. The third kappa shape index (κ3) is 5.12. The summed E-state index contributed by atoms with van der Waals surface area (Å²) in [5.74, 6) is 1.91. The van der Waals surface area contributed by atoms with E-state index in [-0.39, 0.29) is 11.2 Å². The molecule has 1 unspecified atom stereocenters. The van der Waals surface area contributed by atoms with Crippen molar-refractivity contribution in [1.29, 1.82) is 0 Å². The summed E-state index contributed by atoms with van der Waals surface area (Å²) >= 11 is 0. The van der Waals surface area contributed by atoms with E-state index in [0.29, 0.717) is 5.92 Å².